The molecule has 2 aromatic heterocycles. The summed E-state index contributed by atoms with van der Waals surface area (Å²) in [5.74, 6) is -1.34. The molecule has 0 atom stereocenters. The van der Waals surface area contributed by atoms with Gasteiger partial charge < -0.3 is 4.74 Å². The molecular weight excluding hydrogens is 485 g/mol. The van der Waals surface area contributed by atoms with Crippen LogP contribution < -0.4 is 10.3 Å². The number of benzene rings is 1. The first-order valence-electron chi connectivity index (χ1n) is 8.97. The summed E-state index contributed by atoms with van der Waals surface area (Å²) in [5.41, 5.74) is -1.75. The van der Waals surface area contributed by atoms with Gasteiger partial charge in [0.15, 0.2) is 0 Å². The molecule has 0 unspecified atom stereocenters. The molecule has 1 aromatic carbocycles. The second kappa shape index (κ2) is 8.03. The molecule has 1 aliphatic heterocycles. The molecule has 3 heterocycles. The van der Waals surface area contributed by atoms with Crippen LogP contribution in [0.2, 0.25) is 15.2 Å². The number of fused-ring (bicyclic) bond motifs is 1. The number of aromatic nitrogens is 3. The summed E-state index contributed by atoms with van der Waals surface area (Å²) in [6.07, 6.45) is -2.48. The van der Waals surface area contributed by atoms with Crippen LogP contribution in [0.5, 0.6) is 11.6 Å². The van der Waals surface area contributed by atoms with Crippen LogP contribution in [0, 0.1) is 5.82 Å². The molecule has 164 valence electrons. The largest absolute Gasteiger partial charge is 0.436 e. The fourth-order valence-electron chi connectivity index (χ4n) is 3.31. The summed E-state index contributed by atoms with van der Waals surface area (Å²) in [7, 11) is 0. The van der Waals surface area contributed by atoms with E-state index in [2.05, 4.69) is 4.98 Å². The monoisotopic (exact) mass is 495 g/mol. The van der Waals surface area contributed by atoms with Gasteiger partial charge in [0.2, 0.25) is 5.88 Å². The zero-order chi connectivity index (χ0) is 22.5. The molecule has 0 amide bonds. The molecule has 0 spiro atoms. The number of rotatable bonds is 3. The van der Waals surface area contributed by atoms with E-state index < -0.39 is 28.1 Å². The average molecular weight is 497 g/mol. The summed E-state index contributed by atoms with van der Waals surface area (Å²) in [5, 5.41) is -0.545. The van der Waals surface area contributed by atoms with E-state index >= 15 is 0 Å². The van der Waals surface area contributed by atoms with E-state index in [1.54, 1.807) is 4.68 Å². The van der Waals surface area contributed by atoms with Gasteiger partial charge in [-0.1, -0.05) is 34.8 Å². The quantitative estimate of drug-likeness (QED) is 0.393. The van der Waals surface area contributed by atoms with Crippen molar-refractivity contribution in [2.24, 2.45) is 0 Å². The Morgan fingerprint density at radius 1 is 1.00 bits per heavy atom. The van der Waals surface area contributed by atoms with Crippen LogP contribution >= 0.6 is 34.8 Å². The fourth-order valence-corrected chi connectivity index (χ4v) is 4.06. The first-order chi connectivity index (χ1) is 14.6. The van der Waals surface area contributed by atoms with Crippen molar-refractivity contribution in [1.29, 1.82) is 0 Å². The molecule has 0 saturated heterocycles. The Labute approximate surface area is 187 Å². The zero-order valence-electron chi connectivity index (χ0n) is 15.4. The number of hydrogen-bond donors (Lipinski definition) is 0. The first kappa shape index (κ1) is 22.0. The maximum absolute atomic E-state index is 14.7. The van der Waals surface area contributed by atoms with Gasteiger partial charge in [0.25, 0.3) is 5.56 Å². The minimum absolute atomic E-state index is 0.0611. The van der Waals surface area contributed by atoms with E-state index in [0.29, 0.717) is 25.4 Å². The van der Waals surface area contributed by atoms with Crippen molar-refractivity contribution < 1.29 is 22.3 Å². The van der Waals surface area contributed by atoms with Gasteiger partial charge in [-0.3, -0.25) is 9.48 Å². The van der Waals surface area contributed by atoms with E-state index in [0.717, 1.165) is 25.0 Å². The number of nitrogens with zero attached hydrogens (tertiary/aromatic N) is 3. The second-order valence-corrected chi connectivity index (χ2v) is 7.97. The van der Waals surface area contributed by atoms with E-state index in [1.165, 1.54) is 4.68 Å². The van der Waals surface area contributed by atoms with Crippen LogP contribution in [-0.2, 0) is 19.3 Å². The topological polar surface area (TPSA) is 49.0 Å². The van der Waals surface area contributed by atoms with Crippen molar-refractivity contribution in [2.45, 2.75) is 32.1 Å². The minimum atomic E-state index is -4.64. The molecule has 0 bridgehead atoms. The van der Waals surface area contributed by atoms with E-state index in [1.807, 2.05) is 0 Å². The highest BCUT2D eigenvalue weighted by Gasteiger charge is 2.32. The van der Waals surface area contributed by atoms with Crippen molar-refractivity contribution in [1.82, 2.24) is 14.3 Å². The third-order valence-electron chi connectivity index (χ3n) is 4.79. The number of alkyl halides is 3. The summed E-state index contributed by atoms with van der Waals surface area (Å²) >= 11 is 18.3. The Balaban J connectivity index is 1.77. The molecule has 31 heavy (non-hydrogen) atoms. The predicted molar refractivity (Wildman–Crippen MR) is 108 cm³/mol. The third-order valence-corrected chi connectivity index (χ3v) is 5.74. The van der Waals surface area contributed by atoms with Crippen LogP contribution in [-0.4, -0.2) is 14.3 Å². The van der Waals surface area contributed by atoms with Crippen molar-refractivity contribution in [3.8, 4) is 22.8 Å². The fraction of sp³-hybridized carbons (Fsp3) is 0.263. The molecule has 0 radical (unpaired) electrons. The molecule has 0 fully saturated rings. The van der Waals surface area contributed by atoms with Gasteiger partial charge in [0, 0.05) is 24.8 Å². The van der Waals surface area contributed by atoms with Gasteiger partial charge >= 0.3 is 6.18 Å². The Kier molecular flexibility index (Phi) is 5.70. The lowest BCUT2D eigenvalue weighted by atomic mass is 10.1. The second-order valence-electron chi connectivity index (χ2n) is 6.80. The minimum Gasteiger partial charge on any atom is -0.436 e. The maximum atomic E-state index is 14.7. The Morgan fingerprint density at radius 3 is 2.29 bits per heavy atom. The van der Waals surface area contributed by atoms with Crippen LogP contribution in [0.3, 0.4) is 0 Å². The standard InChI is InChI=1S/C19H12Cl3F4N3O2/c20-11-7-13(23)10(15-16(22)28-3-1-2-4-29(28)18(15)30)6-14(11)31-17-12(21)5-9(8-27-17)19(24,25)26/h5-8H,1-4H2. The van der Waals surface area contributed by atoms with Gasteiger partial charge in [0.1, 0.15) is 21.7 Å². The molecule has 12 heteroatoms. The molecular formula is C19H12Cl3F4N3O2. The van der Waals surface area contributed by atoms with Gasteiger partial charge in [-0.05, 0) is 31.0 Å². The molecule has 0 saturated carbocycles. The predicted octanol–water partition coefficient (Wildman–Crippen LogP) is 6.42. The molecule has 5 nitrogen and oxygen atoms in total. The first-order valence-corrected chi connectivity index (χ1v) is 10.1. The number of ether oxygens (including phenoxy) is 1. The molecule has 0 N–H and O–H groups in total. The van der Waals surface area contributed by atoms with Gasteiger partial charge in [-0.25, -0.2) is 14.1 Å². The van der Waals surface area contributed by atoms with E-state index in [-0.39, 0.29) is 32.9 Å². The van der Waals surface area contributed by atoms with Crippen LogP contribution in [0.25, 0.3) is 11.1 Å². The van der Waals surface area contributed by atoms with E-state index in [4.69, 9.17) is 39.5 Å². The highest BCUT2D eigenvalue weighted by atomic mass is 35.5. The van der Waals surface area contributed by atoms with Crippen LogP contribution in [0.15, 0.2) is 29.2 Å². The molecule has 0 aliphatic carbocycles. The van der Waals surface area contributed by atoms with Gasteiger partial charge in [0.05, 0.1) is 16.1 Å². The summed E-state index contributed by atoms with van der Waals surface area (Å²) < 4.78 is 61.6. The highest BCUT2D eigenvalue weighted by molar-refractivity contribution is 6.33. The van der Waals surface area contributed by atoms with Crippen molar-refractivity contribution in [3.05, 3.63) is 61.3 Å². The third kappa shape index (κ3) is 4.02. The lowest BCUT2D eigenvalue weighted by Gasteiger charge is -2.17. The molecule has 1 aliphatic rings. The summed E-state index contributed by atoms with van der Waals surface area (Å²) in [4.78, 5) is 16.4. The van der Waals surface area contributed by atoms with Crippen molar-refractivity contribution in [2.75, 3.05) is 0 Å². The SMILES string of the molecule is O=c1c(-c2cc(Oc3ncc(C(F)(F)F)cc3Cl)c(Cl)cc2F)c(Cl)n2n1CCCC2. The van der Waals surface area contributed by atoms with Crippen molar-refractivity contribution >= 4 is 34.8 Å². The van der Waals surface area contributed by atoms with Gasteiger partial charge in [-0.15, -0.1) is 0 Å². The molecule has 4 rings (SSSR count). The van der Waals surface area contributed by atoms with Gasteiger partial charge in [-0.2, -0.15) is 13.2 Å². The van der Waals surface area contributed by atoms with E-state index in [9.17, 15) is 22.4 Å². The highest BCUT2D eigenvalue weighted by Crippen LogP contribution is 2.40. The molecule has 3 aromatic rings. The van der Waals surface area contributed by atoms with Crippen LogP contribution in [0.4, 0.5) is 17.6 Å². The Morgan fingerprint density at radius 2 is 1.68 bits per heavy atom. The number of hydrogen-bond acceptors (Lipinski definition) is 3. The van der Waals surface area contributed by atoms with Crippen LogP contribution in [0.1, 0.15) is 18.4 Å². The average Bonchev–Trinajstić information content (AvgIpc) is 2.95. The lowest BCUT2D eigenvalue weighted by Crippen LogP contribution is -2.27. The number of pyridine rings is 1. The Hall–Kier alpha value is -2.23. The lowest BCUT2D eigenvalue weighted by molar-refractivity contribution is -0.137. The number of halogens is 7. The normalized spacial score (nSPS) is 13.9. The summed E-state index contributed by atoms with van der Waals surface area (Å²) in [6.45, 7) is 0.958. The van der Waals surface area contributed by atoms with Crippen molar-refractivity contribution in [3.63, 3.8) is 0 Å². The smallest absolute Gasteiger partial charge is 0.417 e. The summed E-state index contributed by atoms with van der Waals surface area (Å²) in [6, 6.07) is 2.71. The Bertz CT molecular complexity index is 1240. The zero-order valence-corrected chi connectivity index (χ0v) is 17.7. The maximum Gasteiger partial charge on any atom is 0.417 e.